The molecule has 0 aliphatic heterocycles. The molecule has 1 aromatic rings. The summed E-state index contributed by atoms with van der Waals surface area (Å²) in [6, 6.07) is 1.67. The Morgan fingerprint density at radius 1 is 1.50 bits per heavy atom. The molecule has 1 aliphatic rings. The van der Waals surface area contributed by atoms with Gasteiger partial charge < -0.3 is 5.32 Å². The van der Waals surface area contributed by atoms with E-state index in [9.17, 15) is 10.1 Å². The first-order chi connectivity index (χ1) is 8.49. The van der Waals surface area contributed by atoms with Crippen molar-refractivity contribution in [2.75, 3.05) is 5.32 Å². The Hall–Kier alpha value is -1.36. The summed E-state index contributed by atoms with van der Waals surface area (Å²) in [4.78, 5) is 14.1. The van der Waals surface area contributed by atoms with E-state index in [1.165, 1.54) is 18.7 Å². The van der Waals surface area contributed by atoms with Crippen LogP contribution in [0.1, 0.15) is 26.7 Å². The fourth-order valence-electron chi connectivity index (χ4n) is 2.38. The first-order valence-corrected chi connectivity index (χ1v) is 6.43. The Morgan fingerprint density at radius 2 is 2.22 bits per heavy atom. The Labute approximate surface area is 111 Å². The lowest BCUT2D eigenvalue weighted by Crippen LogP contribution is -2.24. The molecule has 1 N–H and O–H groups in total. The number of halogens is 1. The van der Waals surface area contributed by atoms with Crippen LogP contribution < -0.4 is 5.32 Å². The van der Waals surface area contributed by atoms with Crippen LogP contribution in [0.25, 0.3) is 0 Å². The normalized spacial score (nSPS) is 27.2. The number of anilines is 1. The zero-order valence-electron chi connectivity index (χ0n) is 10.4. The number of rotatable bonds is 3. The fraction of sp³-hybridized carbons (Fsp3) is 0.583. The maximum Gasteiger partial charge on any atom is 0.289 e. The van der Waals surface area contributed by atoms with Gasteiger partial charge in [-0.2, -0.15) is 0 Å². The highest BCUT2D eigenvalue weighted by Crippen LogP contribution is 2.34. The third kappa shape index (κ3) is 2.56. The van der Waals surface area contributed by atoms with Gasteiger partial charge >= 0.3 is 0 Å². The average Bonchev–Trinajstić information content (AvgIpc) is 2.63. The average molecular weight is 270 g/mol. The predicted molar refractivity (Wildman–Crippen MR) is 70.9 cm³/mol. The van der Waals surface area contributed by atoms with Crippen molar-refractivity contribution in [1.29, 1.82) is 0 Å². The SMILES string of the molecule is CC1CCC(Nc2ncc([N+](=O)[O-])cc2Cl)C1C. The van der Waals surface area contributed by atoms with Gasteiger partial charge in [-0.1, -0.05) is 25.4 Å². The highest BCUT2D eigenvalue weighted by molar-refractivity contribution is 6.33. The van der Waals surface area contributed by atoms with Crippen molar-refractivity contribution in [2.24, 2.45) is 11.8 Å². The smallest absolute Gasteiger partial charge is 0.289 e. The molecule has 5 nitrogen and oxygen atoms in total. The summed E-state index contributed by atoms with van der Waals surface area (Å²) < 4.78 is 0. The van der Waals surface area contributed by atoms with Gasteiger partial charge in [0.1, 0.15) is 12.0 Å². The highest BCUT2D eigenvalue weighted by Gasteiger charge is 2.30. The van der Waals surface area contributed by atoms with Gasteiger partial charge in [-0.05, 0) is 24.7 Å². The monoisotopic (exact) mass is 269 g/mol. The van der Waals surface area contributed by atoms with E-state index in [4.69, 9.17) is 11.6 Å². The lowest BCUT2D eigenvalue weighted by molar-refractivity contribution is -0.385. The minimum absolute atomic E-state index is 0.0848. The van der Waals surface area contributed by atoms with Crippen molar-refractivity contribution in [3.63, 3.8) is 0 Å². The Bertz CT molecular complexity index is 467. The molecule has 1 saturated carbocycles. The van der Waals surface area contributed by atoms with Gasteiger partial charge in [-0.3, -0.25) is 10.1 Å². The van der Waals surface area contributed by atoms with E-state index in [1.54, 1.807) is 0 Å². The molecule has 0 saturated heterocycles. The molecule has 0 radical (unpaired) electrons. The molecule has 18 heavy (non-hydrogen) atoms. The highest BCUT2D eigenvalue weighted by atomic mass is 35.5. The van der Waals surface area contributed by atoms with Gasteiger partial charge in [0.05, 0.1) is 9.95 Å². The summed E-state index contributed by atoms with van der Waals surface area (Å²) in [6.45, 7) is 4.44. The number of nitro groups is 1. The van der Waals surface area contributed by atoms with Crippen molar-refractivity contribution in [1.82, 2.24) is 4.98 Å². The van der Waals surface area contributed by atoms with Gasteiger partial charge in [-0.25, -0.2) is 4.98 Å². The maximum absolute atomic E-state index is 10.6. The molecule has 1 heterocycles. The third-order valence-electron chi connectivity index (χ3n) is 3.82. The zero-order chi connectivity index (χ0) is 13.3. The van der Waals surface area contributed by atoms with Crippen LogP contribution in [-0.2, 0) is 0 Å². The summed E-state index contributed by atoms with van der Waals surface area (Å²) in [7, 11) is 0. The lowest BCUT2D eigenvalue weighted by Gasteiger charge is -2.20. The number of aromatic nitrogens is 1. The maximum atomic E-state index is 10.6. The number of nitrogens with one attached hydrogen (secondary N) is 1. The van der Waals surface area contributed by atoms with E-state index in [0.717, 1.165) is 6.42 Å². The Balaban J connectivity index is 2.13. The van der Waals surface area contributed by atoms with E-state index < -0.39 is 4.92 Å². The van der Waals surface area contributed by atoms with Gasteiger partial charge in [0.2, 0.25) is 0 Å². The number of nitrogens with zero attached hydrogens (tertiary/aromatic N) is 2. The van der Waals surface area contributed by atoms with Crippen LogP contribution in [-0.4, -0.2) is 15.9 Å². The summed E-state index contributed by atoms with van der Waals surface area (Å²) in [5, 5.41) is 14.2. The van der Waals surface area contributed by atoms with Gasteiger partial charge in [0.15, 0.2) is 0 Å². The van der Waals surface area contributed by atoms with Gasteiger partial charge in [0, 0.05) is 12.1 Å². The van der Waals surface area contributed by atoms with Gasteiger partial charge in [0.25, 0.3) is 5.69 Å². The molecule has 2 rings (SSSR count). The predicted octanol–water partition coefficient (Wildman–Crippen LogP) is 3.49. The molecule has 98 valence electrons. The molecule has 1 aromatic heterocycles. The molecule has 0 spiro atoms. The summed E-state index contributed by atoms with van der Waals surface area (Å²) in [5.41, 5.74) is -0.0848. The van der Waals surface area contributed by atoms with Crippen LogP contribution in [0.2, 0.25) is 5.02 Å². The van der Waals surface area contributed by atoms with Crippen molar-refractivity contribution in [3.8, 4) is 0 Å². The second-order valence-electron chi connectivity index (χ2n) is 4.95. The topological polar surface area (TPSA) is 68.1 Å². The van der Waals surface area contributed by atoms with E-state index >= 15 is 0 Å². The molecule has 0 bridgehead atoms. The Kier molecular flexibility index (Phi) is 3.71. The second kappa shape index (κ2) is 5.10. The molecular weight excluding hydrogens is 254 g/mol. The van der Waals surface area contributed by atoms with E-state index in [-0.39, 0.29) is 5.69 Å². The molecule has 3 atom stereocenters. The van der Waals surface area contributed by atoms with Crippen LogP contribution in [0.3, 0.4) is 0 Å². The van der Waals surface area contributed by atoms with Crippen molar-refractivity contribution < 1.29 is 4.92 Å². The molecule has 3 unspecified atom stereocenters. The van der Waals surface area contributed by atoms with Gasteiger partial charge in [-0.15, -0.1) is 0 Å². The number of pyridine rings is 1. The second-order valence-corrected chi connectivity index (χ2v) is 5.35. The van der Waals surface area contributed by atoms with E-state index in [0.29, 0.717) is 28.7 Å². The van der Waals surface area contributed by atoms with E-state index in [1.807, 2.05) is 0 Å². The van der Waals surface area contributed by atoms with Crippen LogP contribution in [0.4, 0.5) is 11.5 Å². The van der Waals surface area contributed by atoms with Crippen LogP contribution in [0, 0.1) is 22.0 Å². The zero-order valence-corrected chi connectivity index (χ0v) is 11.1. The summed E-state index contributed by atoms with van der Waals surface area (Å²) in [5.74, 6) is 1.77. The summed E-state index contributed by atoms with van der Waals surface area (Å²) >= 11 is 6.01. The molecule has 0 aromatic carbocycles. The molecule has 6 heteroatoms. The molecule has 0 amide bonds. The van der Waals surface area contributed by atoms with E-state index in [2.05, 4.69) is 24.1 Å². The van der Waals surface area contributed by atoms with Crippen LogP contribution in [0.5, 0.6) is 0 Å². The quantitative estimate of drug-likeness (QED) is 0.674. The summed E-state index contributed by atoms with van der Waals surface area (Å²) in [6.07, 6.45) is 3.50. The minimum atomic E-state index is -0.497. The first-order valence-electron chi connectivity index (χ1n) is 6.05. The lowest BCUT2D eigenvalue weighted by atomic mass is 9.98. The molecule has 1 aliphatic carbocycles. The van der Waals surface area contributed by atoms with Crippen LogP contribution in [0.15, 0.2) is 12.3 Å². The van der Waals surface area contributed by atoms with Crippen molar-refractivity contribution >= 4 is 23.1 Å². The molecule has 1 fully saturated rings. The van der Waals surface area contributed by atoms with Crippen LogP contribution >= 0.6 is 11.6 Å². The number of hydrogen-bond donors (Lipinski definition) is 1. The van der Waals surface area contributed by atoms with Crippen molar-refractivity contribution in [2.45, 2.75) is 32.7 Å². The third-order valence-corrected chi connectivity index (χ3v) is 4.11. The Morgan fingerprint density at radius 3 is 2.72 bits per heavy atom. The van der Waals surface area contributed by atoms with Crippen molar-refractivity contribution in [3.05, 3.63) is 27.4 Å². The fourth-order valence-corrected chi connectivity index (χ4v) is 2.59. The molecular formula is C12H16ClN3O2. The minimum Gasteiger partial charge on any atom is -0.366 e. The first kappa shape index (κ1) is 13.1. The number of hydrogen-bond acceptors (Lipinski definition) is 4. The largest absolute Gasteiger partial charge is 0.366 e. The standard InChI is InChI=1S/C12H16ClN3O2/c1-7-3-4-11(8(7)2)15-12-10(13)5-9(6-14-12)16(17)18/h5-8,11H,3-4H2,1-2H3,(H,14,15).